The number of esters is 1. The van der Waals surface area contributed by atoms with E-state index in [0.717, 1.165) is 10.1 Å². The Hall–Kier alpha value is -3.75. The fourth-order valence-electron chi connectivity index (χ4n) is 3.21. The molecule has 0 aliphatic rings. The smallest absolute Gasteiger partial charge is 0.326 e. The minimum atomic E-state index is -1.27. The van der Waals surface area contributed by atoms with Crippen molar-refractivity contribution < 1.29 is 23.5 Å². The Morgan fingerprint density at radius 3 is 2.32 bits per heavy atom. The molecule has 6 nitrogen and oxygen atoms in total. The number of benzene rings is 3. The molecular formula is C25H18ClFN2O4S. The van der Waals surface area contributed by atoms with Gasteiger partial charge in [0.2, 0.25) is 6.10 Å². The number of carbonyl (C=O) groups excluding carboxylic acids is 3. The van der Waals surface area contributed by atoms with Crippen LogP contribution in [0.2, 0.25) is 5.02 Å². The fraction of sp³-hybridized carbons (Fsp3) is 0.0800. The third-order valence-electron chi connectivity index (χ3n) is 4.84. The van der Waals surface area contributed by atoms with E-state index in [4.69, 9.17) is 16.3 Å². The Morgan fingerprint density at radius 2 is 1.62 bits per heavy atom. The molecule has 0 saturated carbocycles. The van der Waals surface area contributed by atoms with Crippen LogP contribution in [0.5, 0.6) is 0 Å². The van der Waals surface area contributed by atoms with E-state index in [1.807, 2.05) is 24.3 Å². The highest BCUT2D eigenvalue weighted by atomic mass is 35.5. The number of rotatable bonds is 7. The van der Waals surface area contributed by atoms with Crippen LogP contribution in [0.3, 0.4) is 0 Å². The molecule has 4 rings (SSSR count). The largest absolute Gasteiger partial charge is 0.446 e. The summed E-state index contributed by atoms with van der Waals surface area (Å²) in [6, 6.07) is 20.9. The maximum Gasteiger partial charge on any atom is 0.326 e. The topological polar surface area (TPSA) is 84.5 Å². The third kappa shape index (κ3) is 5.41. The van der Waals surface area contributed by atoms with Gasteiger partial charge in [-0.3, -0.25) is 14.4 Å². The molecule has 0 saturated heterocycles. The molecule has 0 spiro atoms. The predicted octanol–water partition coefficient (Wildman–Crippen LogP) is 5.35. The summed E-state index contributed by atoms with van der Waals surface area (Å²) in [6.45, 7) is -0.462. The summed E-state index contributed by atoms with van der Waals surface area (Å²) in [6.07, 6.45) is -1.27. The number of amides is 2. The molecule has 2 amide bonds. The normalized spacial score (nSPS) is 11.6. The van der Waals surface area contributed by atoms with Crippen molar-refractivity contribution in [3.05, 3.63) is 100 Å². The number of thiophene rings is 1. The van der Waals surface area contributed by atoms with Gasteiger partial charge in [-0.2, -0.15) is 0 Å². The van der Waals surface area contributed by atoms with E-state index in [1.165, 1.54) is 35.6 Å². The monoisotopic (exact) mass is 496 g/mol. The summed E-state index contributed by atoms with van der Waals surface area (Å²) < 4.78 is 19.4. The van der Waals surface area contributed by atoms with E-state index in [-0.39, 0.29) is 4.88 Å². The number of carbonyl (C=O) groups is 3. The maximum atomic E-state index is 13.2. The standard InChI is InChI=1S/C25H18ClFN2O4S/c26-21-18-8-4-5-9-19(18)34-23(21)25(32)28-14-20(30)33-22(15-6-2-1-3-7-15)24(31)29-17-12-10-16(27)11-13-17/h1-13,22H,14H2,(H,28,32)(H,29,31). The van der Waals surface area contributed by atoms with Crippen molar-refractivity contribution in [3.63, 3.8) is 0 Å². The van der Waals surface area contributed by atoms with Crippen molar-refractivity contribution in [2.45, 2.75) is 6.10 Å². The van der Waals surface area contributed by atoms with Gasteiger partial charge in [0.05, 0.1) is 5.02 Å². The van der Waals surface area contributed by atoms with Crippen LogP contribution in [0, 0.1) is 5.82 Å². The molecule has 1 atom stereocenters. The zero-order valence-electron chi connectivity index (χ0n) is 17.6. The summed E-state index contributed by atoms with van der Waals surface area (Å²) in [5.41, 5.74) is 0.783. The SMILES string of the molecule is O=C(CNC(=O)c1sc2ccccc2c1Cl)OC(C(=O)Nc1ccc(F)cc1)c1ccccc1. The van der Waals surface area contributed by atoms with Crippen LogP contribution in [-0.4, -0.2) is 24.3 Å². The molecule has 0 aliphatic heterocycles. The molecule has 0 bridgehead atoms. The van der Waals surface area contributed by atoms with Gasteiger partial charge >= 0.3 is 5.97 Å². The molecule has 4 aromatic rings. The lowest BCUT2D eigenvalue weighted by atomic mass is 10.1. The van der Waals surface area contributed by atoms with Gasteiger partial charge in [-0.1, -0.05) is 60.1 Å². The number of ether oxygens (including phenoxy) is 1. The lowest BCUT2D eigenvalue weighted by molar-refractivity contribution is -0.153. The zero-order chi connectivity index (χ0) is 24.1. The molecule has 172 valence electrons. The van der Waals surface area contributed by atoms with Crippen LogP contribution < -0.4 is 10.6 Å². The van der Waals surface area contributed by atoms with Gasteiger partial charge in [-0.15, -0.1) is 11.3 Å². The van der Waals surface area contributed by atoms with E-state index in [9.17, 15) is 18.8 Å². The molecule has 0 fully saturated rings. The van der Waals surface area contributed by atoms with Gasteiger partial charge in [0.1, 0.15) is 17.2 Å². The zero-order valence-corrected chi connectivity index (χ0v) is 19.2. The Labute approximate surface area is 203 Å². The number of hydrogen-bond donors (Lipinski definition) is 2. The number of hydrogen-bond acceptors (Lipinski definition) is 5. The highest BCUT2D eigenvalue weighted by molar-refractivity contribution is 7.21. The lowest BCUT2D eigenvalue weighted by Crippen LogP contribution is -2.33. The minimum Gasteiger partial charge on any atom is -0.446 e. The molecule has 0 aliphatic carbocycles. The number of anilines is 1. The molecule has 0 radical (unpaired) electrons. The summed E-state index contributed by atoms with van der Waals surface area (Å²) in [7, 11) is 0. The Kier molecular flexibility index (Phi) is 7.20. The van der Waals surface area contributed by atoms with Gasteiger partial charge in [0.25, 0.3) is 11.8 Å². The van der Waals surface area contributed by atoms with Crippen LogP contribution in [0.15, 0.2) is 78.9 Å². The van der Waals surface area contributed by atoms with Crippen molar-refractivity contribution >= 4 is 56.5 Å². The molecule has 1 heterocycles. The van der Waals surface area contributed by atoms with Crippen LogP contribution in [-0.2, 0) is 14.3 Å². The molecular weight excluding hydrogens is 479 g/mol. The van der Waals surface area contributed by atoms with Gasteiger partial charge in [0.15, 0.2) is 0 Å². The Morgan fingerprint density at radius 1 is 0.941 bits per heavy atom. The number of halogens is 2. The van der Waals surface area contributed by atoms with Crippen molar-refractivity contribution in [1.82, 2.24) is 5.32 Å². The van der Waals surface area contributed by atoms with E-state index >= 15 is 0 Å². The van der Waals surface area contributed by atoms with E-state index in [1.54, 1.807) is 30.3 Å². The number of fused-ring (bicyclic) bond motifs is 1. The van der Waals surface area contributed by atoms with Crippen LogP contribution in [0.4, 0.5) is 10.1 Å². The van der Waals surface area contributed by atoms with E-state index in [0.29, 0.717) is 16.3 Å². The lowest BCUT2D eigenvalue weighted by Gasteiger charge is -2.18. The van der Waals surface area contributed by atoms with Crippen molar-refractivity contribution in [3.8, 4) is 0 Å². The van der Waals surface area contributed by atoms with Gasteiger partial charge < -0.3 is 15.4 Å². The summed E-state index contributed by atoms with van der Waals surface area (Å²) in [5.74, 6) is -2.40. The van der Waals surface area contributed by atoms with Crippen molar-refractivity contribution in [2.24, 2.45) is 0 Å². The molecule has 1 unspecified atom stereocenters. The molecule has 3 aromatic carbocycles. The highest BCUT2D eigenvalue weighted by Crippen LogP contribution is 2.35. The Balaban J connectivity index is 1.43. The van der Waals surface area contributed by atoms with Gasteiger partial charge in [-0.25, -0.2) is 4.39 Å². The molecule has 1 aromatic heterocycles. The van der Waals surface area contributed by atoms with Crippen LogP contribution in [0.1, 0.15) is 21.3 Å². The first-order valence-corrected chi connectivity index (χ1v) is 11.4. The van der Waals surface area contributed by atoms with Crippen molar-refractivity contribution in [2.75, 3.05) is 11.9 Å². The summed E-state index contributed by atoms with van der Waals surface area (Å²) in [5, 5.41) is 6.16. The second kappa shape index (κ2) is 10.5. The second-order valence-electron chi connectivity index (χ2n) is 7.20. The van der Waals surface area contributed by atoms with Crippen molar-refractivity contribution in [1.29, 1.82) is 0 Å². The Bertz CT molecular complexity index is 1340. The predicted molar refractivity (Wildman–Crippen MR) is 129 cm³/mol. The molecule has 34 heavy (non-hydrogen) atoms. The third-order valence-corrected chi connectivity index (χ3v) is 6.51. The maximum absolute atomic E-state index is 13.2. The van der Waals surface area contributed by atoms with Gasteiger partial charge in [-0.05, 0) is 30.3 Å². The first-order valence-electron chi connectivity index (χ1n) is 10.2. The number of nitrogens with one attached hydrogen (secondary N) is 2. The van der Waals surface area contributed by atoms with Crippen LogP contribution >= 0.6 is 22.9 Å². The average Bonchev–Trinajstić information content (AvgIpc) is 3.19. The summed E-state index contributed by atoms with van der Waals surface area (Å²) >= 11 is 7.53. The second-order valence-corrected chi connectivity index (χ2v) is 8.63. The van der Waals surface area contributed by atoms with E-state index < -0.39 is 36.2 Å². The highest BCUT2D eigenvalue weighted by Gasteiger charge is 2.26. The van der Waals surface area contributed by atoms with E-state index in [2.05, 4.69) is 10.6 Å². The quantitative estimate of drug-likeness (QED) is 0.338. The molecule has 9 heteroatoms. The average molecular weight is 497 g/mol. The van der Waals surface area contributed by atoms with Gasteiger partial charge in [0, 0.05) is 21.3 Å². The first kappa shape index (κ1) is 23.4. The van der Waals surface area contributed by atoms with Crippen LogP contribution in [0.25, 0.3) is 10.1 Å². The molecule has 2 N–H and O–H groups in total. The minimum absolute atomic E-state index is 0.282. The summed E-state index contributed by atoms with van der Waals surface area (Å²) in [4.78, 5) is 38.3. The first-order chi connectivity index (χ1) is 16.4. The fourth-order valence-corrected chi connectivity index (χ4v) is 4.64.